The number of amides is 1. The number of hydrogen-bond donors (Lipinski definition) is 3. The van der Waals surface area contributed by atoms with Gasteiger partial charge in [0.1, 0.15) is 0 Å². The Morgan fingerprint density at radius 1 is 0.848 bits per heavy atom. The second-order valence-electron chi connectivity index (χ2n) is 7.75. The average Bonchev–Trinajstić information content (AvgIpc) is 2.78. The van der Waals surface area contributed by atoms with Crippen molar-refractivity contribution in [1.29, 1.82) is 0 Å². The van der Waals surface area contributed by atoms with Gasteiger partial charge >= 0.3 is 0 Å². The molecule has 3 N–H and O–H groups in total. The van der Waals surface area contributed by atoms with Gasteiger partial charge in [0.15, 0.2) is 0 Å². The van der Waals surface area contributed by atoms with Crippen LogP contribution in [0, 0.1) is 0 Å². The number of rotatable bonds is 8. The molecule has 0 bridgehead atoms. The van der Waals surface area contributed by atoms with E-state index in [1.165, 1.54) is 6.07 Å². The SMILES string of the molecule is CS(=O)(=O)Nc1cc(CNCc2ccc3ncccc3c2)cc(C(=O)Nc2ccccc2)c1. The average molecular weight is 461 g/mol. The molecule has 4 aromatic rings. The molecular formula is C25H24N4O3S. The molecule has 0 fully saturated rings. The van der Waals surface area contributed by atoms with Crippen LogP contribution in [0.5, 0.6) is 0 Å². The van der Waals surface area contributed by atoms with Crippen LogP contribution >= 0.6 is 0 Å². The predicted molar refractivity (Wildman–Crippen MR) is 132 cm³/mol. The van der Waals surface area contributed by atoms with Crippen molar-refractivity contribution >= 4 is 38.2 Å². The lowest BCUT2D eigenvalue weighted by Gasteiger charge is -2.12. The Kier molecular flexibility index (Phi) is 6.67. The molecule has 0 atom stereocenters. The lowest BCUT2D eigenvalue weighted by atomic mass is 10.1. The molecule has 0 aliphatic heterocycles. The molecule has 1 amide bonds. The highest BCUT2D eigenvalue weighted by Crippen LogP contribution is 2.19. The van der Waals surface area contributed by atoms with Gasteiger partial charge < -0.3 is 10.6 Å². The highest BCUT2D eigenvalue weighted by atomic mass is 32.2. The van der Waals surface area contributed by atoms with Crippen molar-refractivity contribution in [1.82, 2.24) is 10.3 Å². The summed E-state index contributed by atoms with van der Waals surface area (Å²) in [5, 5.41) is 7.26. The number of hydrogen-bond acceptors (Lipinski definition) is 5. The first-order valence-electron chi connectivity index (χ1n) is 10.4. The van der Waals surface area contributed by atoms with Gasteiger partial charge in [-0.2, -0.15) is 0 Å². The second kappa shape index (κ2) is 9.81. The number of para-hydroxylation sites is 1. The summed E-state index contributed by atoms with van der Waals surface area (Å²) in [6.07, 6.45) is 2.85. The monoisotopic (exact) mass is 460 g/mol. The molecule has 3 aromatic carbocycles. The first-order chi connectivity index (χ1) is 15.9. The van der Waals surface area contributed by atoms with Gasteiger partial charge in [-0.15, -0.1) is 0 Å². The molecule has 4 rings (SSSR count). The fourth-order valence-corrected chi connectivity index (χ4v) is 4.06. The minimum Gasteiger partial charge on any atom is -0.322 e. The van der Waals surface area contributed by atoms with Crippen molar-refractivity contribution in [2.24, 2.45) is 0 Å². The number of aromatic nitrogens is 1. The van der Waals surface area contributed by atoms with Crippen molar-refractivity contribution in [2.75, 3.05) is 16.3 Å². The number of sulfonamides is 1. The Morgan fingerprint density at radius 3 is 2.42 bits per heavy atom. The van der Waals surface area contributed by atoms with Crippen LogP contribution in [0.25, 0.3) is 10.9 Å². The maximum atomic E-state index is 12.8. The number of anilines is 2. The van der Waals surface area contributed by atoms with Crippen LogP contribution in [0.4, 0.5) is 11.4 Å². The van der Waals surface area contributed by atoms with E-state index >= 15 is 0 Å². The Labute approximate surface area is 192 Å². The Balaban J connectivity index is 1.50. The third-order valence-corrected chi connectivity index (χ3v) is 5.52. The molecular weight excluding hydrogens is 436 g/mol. The van der Waals surface area contributed by atoms with Crippen molar-refractivity contribution in [3.63, 3.8) is 0 Å². The molecule has 8 heteroatoms. The van der Waals surface area contributed by atoms with Gasteiger partial charge in [-0.25, -0.2) is 8.42 Å². The molecule has 7 nitrogen and oxygen atoms in total. The minimum atomic E-state index is -3.49. The van der Waals surface area contributed by atoms with Crippen LogP contribution in [-0.2, 0) is 23.1 Å². The van der Waals surface area contributed by atoms with Crippen LogP contribution in [-0.4, -0.2) is 25.6 Å². The summed E-state index contributed by atoms with van der Waals surface area (Å²) in [6.45, 7) is 1.07. The number of carbonyl (C=O) groups excluding carboxylic acids is 1. The van der Waals surface area contributed by atoms with Crippen molar-refractivity contribution in [3.05, 3.63) is 102 Å². The van der Waals surface area contributed by atoms with E-state index < -0.39 is 10.0 Å². The Morgan fingerprint density at radius 2 is 1.64 bits per heavy atom. The number of nitrogens with zero attached hydrogens (tertiary/aromatic N) is 1. The van der Waals surface area contributed by atoms with Gasteiger partial charge in [-0.3, -0.25) is 14.5 Å². The third kappa shape index (κ3) is 6.38. The summed E-state index contributed by atoms with van der Waals surface area (Å²) in [4.78, 5) is 17.1. The number of pyridine rings is 1. The van der Waals surface area contributed by atoms with Crippen molar-refractivity contribution in [3.8, 4) is 0 Å². The molecule has 0 unspecified atom stereocenters. The molecule has 0 radical (unpaired) electrons. The molecule has 33 heavy (non-hydrogen) atoms. The number of benzene rings is 3. The zero-order valence-electron chi connectivity index (χ0n) is 18.1. The molecule has 1 heterocycles. The molecule has 0 aliphatic rings. The molecule has 0 saturated heterocycles. The van der Waals surface area contributed by atoms with E-state index in [9.17, 15) is 13.2 Å². The topological polar surface area (TPSA) is 100 Å². The fraction of sp³-hybridized carbons (Fsp3) is 0.120. The van der Waals surface area contributed by atoms with Crippen LogP contribution < -0.4 is 15.4 Å². The molecule has 0 spiro atoms. The summed E-state index contributed by atoms with van der Waals surface area (Å²) in [5.74, 6) is -0.318. The van der Waals surface area contributed by atoms with E-state index in [1.54, 1.807) is 30.5 Å². The maximum Gasteiger partial charge on any atom is 0.255 e. The molecule has 168 valence electrons. The van der Waals surface area contributed by atoms with Crippen molar-refractivity contribution in [2.45, 2.75) is 13.1 Å². The maximum absolute atomic E-state index is 12.8. The lowest BCUT2D eigenvalue weighted by molar-refractivity contribution is 0.102. The fourth-order valence-electron chi connectivity index (χ4n) is 3.51. The van der Waals surface area contributed by atoms with E-state index in [0.717, 1.165) is 28.3 Å². The van der Waals surface area contributed by atoms with Gasteiger partial charge in [-0.1, -0.05) is 30.3 Å². The van der Waals surface area contributed by atoms with Crippen molar-refractivity contribution < 1.29 is 13.2 Å². The quantitative estimate of drug-likeness (QED) is 0.367. The van der Waals surface area contributed by atoms with Crippen LogP contribution in [0.2, 0.25) is 0 Å². The van der Waals surface area contributed by atoms with E-state index in [4.69, 9.17) is 0 Å². The molecule has 1 aromatic heterocycles. The first-order valence-corrected chi connectivity index (χ1v) is 12.3. The van der Waals surface area contributed by atoms with Crippen LogP contribution in [0.3, 0.4) is 0 Å². The summed E-state index contributed by atoms with van der Waals surface area (Å²) in [5.41, 5.74) is 4.18. The second-order valence-corrected chi connectivity index (χ2v) is 9.50. The summed E-state index contributed by atoms with van der Waals surface area (Å²) in [6, 6.07) is 24.1. The smallest absolute Gasteiger partial charge is 0.255 e. The predicted octanol–water partition coefficient (Wildman–Crippen LogP) is 4.15. The zero-order valence-corrected chi connectivity index (χ0v) is 18.9. The standard InChI is InChI=1S/C25H24N4O3S/c1-33(31,32)29-23-14-19(13-21(15-23)25(30)28-22-7-3-2-4-8-22)17-26-16-18-9-10-24-20(12-18)6-5-11-27-24/h2-15,26,29H,16-17H2,1H3,(H,28,30). The number of fused-ring (bicyclic) bond motifs is 1. The van der Waals surface area contributed by atoms with Crippen LogP contribution in [0.15, 0.2) is 85.1 Å². The van der Waals surface area contributed by atoms with E-state index in [2.05, 4.69) is 26.4 Å². The van der Waals surface area contributed by atoms with Gasteiger partial charge in [0.2, 0.25) is 10.0 Å². The van der Waals surface area contributed by atoms with Gasteiger partial charge in [0.05, 0.1) is 11.8 Å². The van der Waals surface area contributed by atoms with Crippen LogP contribution in [0.1, 0.15) is 21.5 Å². The first kappa shape index (κ1) is 22.4. The van der Waals surface area contributed by atoms with Gasteiger partial charge in [-0.05, 0) is 59.7 Å². The minimum absolute atomic E-state index is 0.318. The Hall–Kier alpha value is -3.75. The highest BCUT2D eigenvalue weighted by Gasteiger charge is 2.12. The summed E-state index contributed by atoms with van der Waals surface area (Å²) in [7, 11) is -3.49. The summed E-state index contributed by atoms with van der Waals surface area (Å²) < 4.78 is 26.0. The number of nitrogens with one attached hydrogen (secondary N) is 3. The van der Waals surface area contributed by atoms with Gasteiger partial charge in [0, 0.05) is 41.6 Å². The highest BCUT2D eigenvalue weighted by molar-refractivity contribution is 7.92. The van der Waals surface area contributed by atoms with E-state index in [1.807, 2.05) is 42.5 Å². The molecule has 0 aliphatic carbocycles. The lowest BCUT2D eigenvalue weighted by Crippen LogP contribution is -2.17. The summed E-state index contributed by atoms with van der Waals surface area (Å²) >= 11 is 0. The Bertz CT molecular complexity index is 1390. The van der Waals surface area contributed by atoms with E-state index in [-0.39, 0.29) is 5.91 Å². The zero-order chi connectivity index (χ0) is 23.3. The van der Waals surface area contributed by atoms with E-state index in [0.29, 0.717) is 30.0 Å². The third-order valence-electron chi connectivity index (χ3n) is 4.92. The largest absolute Gasteiger partial charge is 0.322 e. The molecule has 0 saturated carbocycles. The van der Waals surface area contributed by atoms with Gasteiger partial charge in [0.25, 0.3) is 5.91 Å². The normalized spacial score (nSPS) is 11.3. The number of carbonyl (C=O) groups is 1.